The highest BCUT2D eigenvalue weighted by Gasteiger charge is 2.16. The van der Waals surface area contributed by atoms with Gasteiger partial charge in [0.2, 0.25) is 0 Å². The molecule has 1 aromatic carbocycles. The predicted octanol–water partition coefficient (Wildman–Crippen LogP) is 1.65. The van der Waals surface area contributed by atoms with Crippen molar-refractivity contribution in [3.63, 3.8) is 0 Å². The molecule has 0 unspecified atom stereocenters. The van der Waals surface area contributed by atoms with E-state index in [2.05, 4.69) is 0 Å². The highest BCUT2D eigenvalue weighted by molar-refractivity contribution is 7.91. The largest absolute Gasteiger partial charge is 0.399 e. The van der Waals surface area contributed by atoms with Crippen molar-refractivity contribution in [3.8, 4) is 6.07 Å². The molecule has 0 atom stereocenters. The second kappa shape index (κ2) is 4.99. The van der Waals surface area contributed by atoms with Crippen LogP contribution in [0.15, 0.2) is 23.1 Å². The van der Waals surface area contributed by atoms with Gasteiger partial charge in [0.1, 0.15) is 0 Å². The zero-order chi connectivity index (χ0) is 12.2. The Bertz CT molecular complexity index is 515. The van der Waals surface area contributed by atoms with Gasteiger partial charge in [0.05, 0.1) is 16.7 Å². The van der Waals surface area contributed by atoms with Gasteiger partial charge in [-0.15, -0.1) is 0 Å². The number of rotatable bonds is 4. The van der Waals surface area contributed by atoms with Gasteiger partial charge in [0.25, 0.3) is 0 Å². The van der Waals surface area contributed by atoms with Crippen LogP contribution in [-0.4, -0.2) is 14.2 Å². The molecule has 0 amide bonds. The lowest BCUT2D eigenvalue weighted by Gasteiger charge is -2.07. The summed E-state index contributed by atoms with van der Waals surface area (Å²) in [6.45, 7) is 1.73. The average Bonchev–Trinajstić information content (AvgIpc) is 2.22. The molecule has 4 nitrogen and oxygen atoms in total. The van der Waals surface area contributed by atoms with Crippen molar-refractivity contribution in [2.24, 2.45) is 0 Å². The van der Waals surface area contributed by atoms with E-state index >= 15 is 0 Å². The Morgan fingerprint density at radius 2 is 2.12 bits per heavy atom. The van der Waals surface area contributed by atoms with Crippen LogP contribution in [0.3, 0.4) is 0 Å². The molecule has 5 heteroatoms. The summed E-state index contributed by atoms with van der Waals surface area (Å²) in [7, 11) is -3.32. The zero-order valence-corrected chi connectivity index (χ0v) is 9.92. The van der Waals surface area contributed by atoms with Crippen LogP contribution in [0, 0.1) is 18.3 Å². The second-order valence-electron chi connectivity index (χ2n) is 3.61. The quantitative estimate of drug-likeness (QED) is 0.638. The first-order valence-corrected chi connectivity index (χ1v) is 6.58. The molecule has 0 saturated heterocycles. The summed E-state index contributed by atoms with van der Waals surface area (Å²) in [4.78, 5) is 0.269. The third kappa shape index (κ3) is 2.97. The Morgan fingerprint density at radius 3 is 2.75 bits per heavy atom. The minimum Gasteiger partial charge on any atom is -0.399 e. The lowest BCUT2D eigenvalue weighted by atomic mass is 10.2. The van der Waals surface area contributed by atoms with Gasteiger partial charge in [-0.3, -0.25) is 0 Å². The molecule has 0 saturated carbocycles. The molecule has 2 N–H and O–H groups in total. The molecular weight excluding hydrogens is 224 g/mol. The molecule has 0 aliphatic heterocycles. The SMILES string of the molecule is Cc1ccc(N)cc1S(=O)(=O)CCCC#N. The number of nitrogens with two attached hydrogens (primary N) is 1. The van der Waals surface area contributed by atoms with E-state index in [0.29, 0.717) is 17.7 Å². The van der Waals surface area contributed by atoms with Crippen LogP contribution in [-0.2, 0) is 9.84 Å². The summed E-state index contributed by atoms with van der Waals surface area (Å²) in [6.07, 6.45) is 0.605. The summed E-state index contributed by atoms with van der Waals surface area (Å²) in [5.41, 5.74) is 6.68. The lowest BCUT2D eigenvalue weighted by molar-refractivity contribution is 0.593. The van der Waals surface area contributed by atoms with Crippen molar-refractivity contribution in [2.75, 3.05) is 11.5 Å². The van der Waals surface area contributed by atoms with Gasteiger partial charge >= 0.3 is 0 Å². The summed E-state index contributed by atoms with van der Waals surface area (Å²) in [6, 6.07) is 6.76. The Morgan fingerprint density at radius 1 is 1.44 bits per heavy atom. The molecular formula is C11H14N2O2S. The Kier molecular flexibility index (Phi) is 3.91. The normalized spacial score (nSPS) is 11.0. The van der Waals surface area contributed by atoms with Gasteiger partial charge in [-0.1, -0.05) is 6.07 Å². The van der Waals surface area contributed by atoms with Gasteiger partial charge in [-0.25, -0.2) is 8.42 Å². The van der Waals surface area contributed by atoms with Crippen LogP contribution in [0.2, 0.25) is 0 Å². The first-order valence-electron chi connectivity index (χ1n) is 4.93. The fraction of sp³-hybridized carbons (Fsp3) is 0.364. The van der Waals surface area contributed by atoms with Gasteiger partial charge < -0.3 is 5.73 Å². The number of unbranched alkanes of at least 4 members (excludes halogenated alkanes) is 1. The van der Waals surface area contributed by atoms with Crippen molar-refractivity contribution < 1.29 is 8.42 Å². The van der Waals surface area contributed by atoms with Gasteiger partial charge in [-0.05, 0) is 31.0 Å². The number of nitriles is 1. The third-order valence-electron chi connectivity index (χ3n) is 2.25. The summed E-state index contributed by atoms with van der Waals surface area (Å²) >= 11 is 0. The Balaban J connectivity index is 2.99. The van der Waals surface area contributed by atoms with Crippen molar-refractivity contribution >= 4 is 15.5 Å². The van der Waals surface area contributed by atoms with Crippen molar-refractivity contribution in [3.05, 3.63) is 23.8 Å². The Labute approximate surface area is 95.6 Å². The van der Waals surface area contributed by atoms with Crippen molar-refractivity contribution in [1.29, 1.82) is 5.26 Å². The second-order valence-corrected chi connectivity index (χ2v) is 5.68. The van der Waals surface area contributed by atoms with E-state index < -0.39 is 9.84 Å². The molecule has 0 fully saturated rings. The lowest BCUT2D eigenvalue weighted by Crippen LogP contribution is -2.09. The molecule has 0 spiro atoms. The predicted molar refractivity (Wildman–Crippen MR) is 62.5 cm³/mol. The first kappa shape index (κ1) is 12.5. The number of nitrogens with zero attached hydrogens (tertiary/aromatic N) is 1. The minimum absolute atomic E-state index is 0.00907. The molecule has 1 aromatic rings. The molecule has 0 aromatic heterocycles. The van der Waals surface area contributed by atoms with Crippen LogP contribution in [0.1, 0.15) is 18.4 Å². The van der Waals surface area contributed by atoms with E-state index in [9.17, 15) is 8.42 Å². The average molecular weight is 238 g/mol. The maximum absolute atomic E-state index is 11.9. The van der Waals surface area contributed by atoms with Crippen LogP contribution in [0.5, 0.6) is 0 Å². The number of benzene rings is 1. The number of aryl methyl sites for hydroxylation is 1. The molecule has 1 rings (SSSR count). The maximum Gasteiger partial charge on any atom is 0.178 e. The minimum atomic E-state index is -3.32. The fourth-order valence-electron chi connectivity index (χ4n) is 1.40. The summed E-state index contributed by atoms with van der Waals surface area (Å²) in [5, 5.41) is 8.37. The highest BCUT2D eigenvalue weighted by atomic mass is 32.2. The highest BCUT2D eigenvalue weighted by Crippen LogP contribution is 2.20. The van der Waals surface area contributed by atoms with E-state index in [1.165, 1.54) is 6.07 Å². The number of hydrogen-bond acceptors (Lipinski definition) is 4. The molecule has 0 aliphatic carbocycles. The molecule has 86 valence electrons. The number of hydrogen-bond donors (Lipinski definition) is 1. The number of anilines is 1. The topological polar surface area (TPSA) is 84.0 Å². The van der Waals surface area contributed by atoms with E-state index in [1.807, 2.05) is 6.07 Å². The van der Waals surface area contributed by atoms with E-state index in [1.54, 1.807) is 19.1 Å². The van der Waals surface area contributed by atoms with E-state index in [-0.39, 0.29) is 17.1 Å². The van der Waals surface area contributed by atoms with E-state index in [4.69, 9.17) is 11.0 Å². The number of sulfone groups is 1. The smallest absolute Gasteiger partial charge is 0.178 e. The van der Waals surface area contributed by atoms with Crippen LogP contribution >= 0.6 is 0 Å². The van der Waals surface area contributed by atoms with Gasteiger partial charge in [0, 0.05) is 12.1 Å². The first-order chi connectivity index (χ1) is 7.47. The number of nitrogen functional groups attached to an aromatic ring is 1. The maximum atomic E-state index is 11.9. The monoisotopic (exact) mass is 238 g/mol. The molecule has 0 bridgehead atoms. The van der Waals surface area contributed by atoms with E-state index in [0.717, 1.165) is 0 Å². The Hall–Kier alpha value is -1.54. The molecule has 16 heavy (non-hydrogen) atoms. The summed E-state index contributed by atoms with van der Waals surface area (Å²) < 4.78 is 23.8. The van der Waals surface area contributed by atoms with Crippen molar-refractivity contribution in [2.45, 2.75) is 24.7 Å². The van der Waals surface area contributed by atoms with Crippen LogP contribution < -0.4 is 5.73 Å². The standard InChI is InChI=1S/C11H14N2O2S/c1-9-4-5-10(13)8-11(9)16(14,15)7-3-2-6-12/h4-5,8H,2-3,7,13H2,1H3. The van der Waals surface area contributed by atoms with Crippen LogP contribution in [0.25, 0.3) is 0 Å². The molecule has 0 aliphatic rings. The van der Waals surface area contributed by atoms with Gasteiger partial charge in [0.15, 0.2) is 9.84 Å². The third-order valence-corrected chi connectivity index (χ3v) is 4.18. The molecule has 0 radical (unpaired) electrons. The fourth-order valence-corrected chi connectivity index (χ4v) is 3.02. The van der Waals surface area contributed by atoms with Crippen molar-refractivity contribution in [1.82, 2.24) is 0 Å². The summed E-state index contributed by atoms with van der Waals surface area (Å²) in [5.74, 6) is -0.00907. The van der Waals surface area contributed by atoms with Crippen LogP contribution in [0.4, 0.5) is 5.69 Å². The molecule has 0 heterocycles. The van der Waals surface area contributed by atoms with Gasteiger partial charge in [-0.2, -0.15) is 5.26 Å². The zero-order valence-electron chi connectivity index (χ0n) is 9.10.